The number of ether oxygens (including phenoxy) is 1. The Balaban J connectivity index is 1.81. The van der Waals surface area contributed by atoms with Crippen molar-refractivity contribution in [3.8, 4) is 0 Å². The summed E-state index contributed by atoms with van der Waals surface area (Å²) in [7, 11) is 0. The number of carbonyl (C=O) groups excluding carboxylic acids is 1. The summed E-state index contributed by atoms with van der Waals surface area (Å²) in [5.41, 5.74) is 0.136. The van der Waals surface area contributed by atoms with Crippen LogP contribution in [0.25, 0.3) is 0 Å². The molecule has 2 rings (SSSR count). The molecule has 8 heteroatoms. The Kier molecular flexibility index (Phi) is 3.90. The molecule has 1 N–H and O–H groups in total. The smallest absolute Gasteiger partial charge is 0.360 e. The summed E-state index contributed by atoms with van der Waals surface area (Å²) in [6.07, 6.45) is 3.11. The van der Waals surface area contributed by atoms with E-state index in [9.17, 15) is 4.79 Å². The van der Waals surface area contributed by atoms with Gasteiger partial charge in [-0.05, 0) is 6.92 Å². The molecule has 0 aliphatic rings. The minimum absolute atomic E-state index is 0.136. The molecule has 0 spiro atoms. The number of carbonyl (C=O) groups is 1. The second-order valence-corrected chi connectivity index (χ2v) is 3.27. The van der Waals surface area contributed by atoms with E-state index in [1.807, 2.05) is 0 Å². The minimum atomic E-state index is -0.508. The highest BCUT2D eigenvalue weighted by atomic mass is 16.5. The molecule has 2 aromatic rings. The third-order valence-corrected chi connectivity index (χ3v) is 2.01. The SMILES string of the molecule is CCOC(=O)c1coc(NCCc2ncno2)n1. The maximum Gasteiger partial charge on any atom is 0.360 e. The molecule has 18 heavy (non-hydrogen) atoms. The summed E-state index contributed by atoms with van der Waals surface area (Å²) in [4.78, 5) is 19.1. The third kappa shape index (κ3) is 3.06. The van der Waals surface area contributed by atoms with Crippen molar-refractivity contribution in [3.05, 3.63) is 24.2 Å². The highest BCUT2D eigenvalue weighted by molar-refractivity contribution is 5.87. The van der Waals surface area contributed by atoms with Crippen molar-refractivity contribution in [1.82, 2.24) is 15.1 Å². The van der Waals surface area contributed by atoms with Crippen LogP contribution in [0.3, 0.4) is 0 Å². The molecule has 0 saturated carbocycles. The molecule has 2 aromatic heterocycles. The Morgan fingerprint density at radius 3 is 3.17 bits per heavy atom. The van der Waals surface area contributed by atoms with E-state index in [4.69, 9.17) is 13.7 Å². The first-order valence-corrected chi connectivity index (χ1v) is 5.41. The third-order valence-electron chi connectivity index (χ3n) is 2.01. The predicted octanol–water partition coefficient (Wildman–Crippen LogP) is 0.889. The lowest BCUT2D eigenvalue weighted by Gasteiger charge is -1.97. The zero-order chi connectivity index (χ0) is 12.8. The lowest BCUT2D eigenvalue weighted by atomic mass is 10.4. The number of anilines is 1. The standard InChI is InChI=1S/C10H12N4O4/c1-2-16-9(15)7-5-17-10(14-7)11-4-3-8-12-6-13-18-8/h5-6H,2-4H2,1H3,(H,11,14). The van der Waals surface area contributed by atoms with E-state index in [1.54, 1.807) is 6.92 Å². The van der Waals surface area contributed by atoms with Crippen LogP contribution in [0.2, 0.25) is 0 Å². The topological polar surface area (TPSA) is 103 Å². The summed E-state index contributed by atoms with van der Waals surface area (Å²) in [5.74, 6) is 0.00544. The fourth-order valence-corrected chi connectivity index (χ4v) is 1.24. The molecule has 8 nitrogen and oxygen atoms in total. The van der Waals surface area contributed by atoms with Crippen molar-refractivity contribution in [2.24, 2.45) is 0 Å². The van der Waals surface area contributed by atoms with Crippen LogP contribution in [-0.4, -0.2) is 34.2 Å². The molecule has 0 unspecified atom stereocenters. The summed E-state index contributed by atoms with van der Waals surface area (Å²) < 4.78 is 14.7. The van der Waals surface area contributed by atoms with E-state index >= 15 is 0 Å². The van der Waals surface area contributed by atoms with E-state index < -0.39 is 5.97 Å². The fraction of sp³-hybridized carbons (Fsp3) is 0.400. The van der Waals surface area contributed by atoms with Crippen molar-refractivity contribution in [2.75, 3.05) is 18.5 Å². The van der Waals surface area contributed by atoms with E-state index in [2.05, 4.69) is 20.4 Å². The Morgan fingerprint density at radius 1 is 1.56 bits per heavy atom. The lowest BCUT2D eigenvalue weighted by molar-refractivity contribution is 0.0519. The molecular weight excluding hydrogens is 240 g/mol. The van der Waals surface area contributed by atoms with Crippen molar-refractivity contribution in [2.45, 2.75) is 13.3 Å². The molecular formula is C10H12N4O4. The first-order chi connectivity index (χ1) is 8.79. The molecule has 0 atom stereocenters. The Labute approximate surface area is 102 Å². The van der Waals surface area contributed by atoms with Gasteiger partial charge in [-0.3, -0.25) is 0 Å². The van der Waals surface area contributed by atoms with E-state index in [0.29, 0.717) is 25.5 Å². The van der Waals surface area contributed by atoms with Crippen LogP contribution < -0.4 is 5.32 Å². The van der Waals surface area contributed by atoms with Crippen LogP contribution in [0, 0.1) is 0 Å². The molecule has 0 fully saturated rings. The van der Waals surface area contributed by atoms with Crippen LogP contribution in [0.4, 0.5) is 6.01 Å². The summed E-state index contributed by atoms with van der Waals surface area (Å²) in [6, 6.07) is 0.248. The highest BCUT2D eigenvalue weighted by Crippen LogP contribution is 2.08. The first-order valence-electron chi connectivity index (χ1n) is 5.41. The monoisotopic (exact) mass is 252 g/mol. The van der Waals surface area contributed by atoms with Crippen LogP contribution in [0.1, 0.15) is 23.3 Å². The maximum atomic E-state index is 11.3. The number of hydrogen-bond donors (Lipinski definition) is 1. The van der Waals surface area contributed by atoms with Crippen LogP contribution in [-0.2, 0) is 11.2 Å². The van der Waals surface area contributed by atoms with E-state index in [0.717, 1.165) is 0 Å². The van der Waals surface area contributed by atoms with Crippen molar-refractivity contribution < 1.29 is 18.5 Å². The number of hydrogen-bond acceptors (Lipinski definition) is 8. The average Bonchev–Trinajstić information content (AvgIpc) is 3.00. The number of rotatable bonds is 6. The molecule has 0 radical (unpaired) electrons. The van der Waals surface area contributed by atoms with E-state index in [-0.39, 0.29) is 11.7 Å². The van der Waals surface area contributed by atoms with Gasteiger partial charge in [-0.15, -0.1) is 0 Å². The highest BCUT2D eigenvalue weighted by Gasteiger charge is 2.12. The molecule has 0 aliphatic heterocycles. The van der Waals surface area contributed by atoms with Gasteiger partial charge in [-0.25, -0.2) is 4.79 Å². The zero-order valence-electron chi connectivity index (χ0n) is 9.75. The molecule has 96 valence electrons. The second kappa shape index (κ2) is 5.80. The van der Waals surface area contributed by atoms with Gasteiger partial charge in [0.15, 0.2) is 12.0 Å². The maximum absolute atomic E-state index is 11.3. The zero-order valence-corrected chi connectivity index (χ0v) is 9.75. The number of aromatic nitrogens is 3. The number of oxazole rings is 1. The van der Waals surface area contributed by atoms with Gasteiger partial charge in [0.25, 0.3) is 6.01 Å². The minimum Gasteiger partial charge on any atom is -0.461 e. The number of esters is 1. The quantitative estimate of drug-likeness (QED) is 0.756. The molecule has 0 saturated heterocycles. The normalized spacial score (nSPS) is 10.3. The van der Waals surface area contributed by atoms with Gasteiger partial charge in [0.1, 0.15) is 6.26 Å². The van der Waals surface area contributed by atoms with Crippen molar-refractivity contribution >= 4 is 12.0 Å². The van der Waals surface area contributed by atoms with Gasteiger partial charge in [-0.2, -0.15) is 9.97 Å². The molecule has 2 heterocycles. The van der Waals surface area contributed by atoms with Gasteiger partial charge in [0, 0.05) is 13.0 Å². The Bertz CT molecular complexity index is 494. The van der Waals surface area contributed by atoms with Gasteiger partial charge in [-0.1, -0.05) is 5.16 Å². The number of nitrogens with zero attached hydrogens (tertiary/aromatic N) is 3. The van der Waals surface area contributed by atoms with Gasteiger partial charge in [0.05, 0.1) is 6.61 Å². The predicted molar refractivity (Wildman–Crippen MR) is 59.0 cm³/mol. The van der Waals surface area contributed by atoms with Crippen molar-refractivity contribution in [1.29, 1.82) is 0 Å². The largest absolute Gasteiger partial charge is 0.461 e. The van der Waals surface area contributed by atoms with Crippen LogP contribution in [0.5, 0.6) is 0 Å². The summed E-state index contributed by atoms with van der Waals surface area (Å²) >= 11 is 0. The van der Waals surface area contributed by atoms with E-state index in [1.165, 1.54) is 12.6 Å². The lowest BCUT2D eigenvalue weighted by Crippen LogP contribution is -2.07. The van der Waals surface area contributed by atoms with Crippen molar-refractivity contribution in [3.63, 3.8) is 0 Å². The molecule has 0 aliphatic carbocycles. The fourth-order valence-electron chi connectivity index (χ4n) is 1.24. The Hall–Kier alpha value is -2.38. The van der Waals surface area contributed by atoms with Gasteiger partial charge in [0.2, 0.25) is 5.89 Å². The molecule has 0 bridgehead atoms. The number of nitrogens with one attached hydrogen (secondary N) is 1. The Morgan fingerprint density at radius 2 is 2.44 bits per heavy atom. The first kappa shape index (κ1) is 12.1. The van der Waals surface area contributed by atoms with Gasteiger partial charge < -0.3 is 19.0 Å². The molecule has 0 aromatic carbocycles. The van der Waals surface area contributed by atoms with Crippen LogP contribution in [0.15, 0.2) is 21.5 Å². The second-order valence-electron chi connectivity index (χ2n) is 3.27. The average molecular weight is 252 g/mol. The molecule has 0 amide bonds. The van der Waals surface area contributed by atoms with Crippen LogP contribution >= 0.6 is 0 Å². The summed E-state index contributed by atoms with van der Waals surface area (Å²) in [6.45, 7) is 2.53. The van der Waals surface area contributed by atoms with Gasteiger partial charge >= 0.3 is 5.97 Å². The summed E-state index contributed by atoms with van der Waals surface area (Å²) in [5, 5.41) is 6.37.